The van der Waals surface area contributed by atoms with Crippen molar-refractivity contribution in [1.82, 2.24) is 0 Å². The summed E-state index contributed by atoms with van der Waals surface area (Å²) in [4.78, 5) is 0. The van der Waals surface area contributed by atoms with E-state index >= 15 is 0 Å². The van der Waals surface area contributed by atoms with Crippen LogP contribution in [0.2, 0.25) is 0 Å². The lowest BCUT2D eigenvalue weighted by Gasteiger charge is -2.34. The summed E-state index contributed by atoms with van der Waals surface area (Å²) in [5, 5.41) is 8.69. The summed E-state index contributed by atoms with van der Waals surface area (Å²) in [6.07, 6.45) is 4.51. The molecule has 0 aromatic heterocycles. The maximum absolute atomic E-state index is 8.69. The Labute approximate surface area is 75.8 Å². The van der Waals surface area contributed by atoms with Crippen molar-refractivity contribution in [2.45, 2.75) is 46.5 Å². The summed E-state index contributed by atoms with van der Waals surface area (Å²) in [5.41, 5.74) is 0.432. The number of nitriles is 1. The summed E-state index contributed by atoms with van der Waals surface area (Å²) in [5.74, 6) is 1.92. The fourth-order valence-electron chi connectivity index (χ4n) is 1.94. The van der Waals surface area contributed by atoms with Crippen molar-refractivity contribution >= 4 is 0 Å². The highest BCUT2D eigenvalue weighted by molar-refractivity contribution is 5.13. The standard InChI is InChI=1S/C11H18N/c1-11(2,3)10-6-4-9(8-12)5-7-10/h10H,4-7H2,1-3H3. The minimum atomic E-state index is 0.432. The van der Waals surface area contributed by atoms with Crippen molar-refractivity contribution in [3.8, 4) is 6.07 Å². The zero-order chi connectivity index (χ0) is 9.19. The lowest BCUT2D eigenvalue weighted by molar-refractivity contribution is 0.191. The van der Waals surface area contributed by atoms with Gasteiger partial charge in [0.05, 0.1) is 12.0 Å². The summed E-state index contributed by atoms with van der Waals surface area (Å²) in [6.45, 7) is 6.90. The van der Waals surface area contributed by atoms with Crippen LogP contribution in [-0.2, 0) is 0 Å². The summed E-state index contributed by atoms with van der Waals surface area (Å²) in [7, 11) is 0. The van der Waals surface area contributed by atoms with Gasteiger partial charge in [-0.2, -0.15) is 5.26 Å². The molecular formula is C11H18N. The third-order valence-corrected chi connectivity index (χ3v) is 2.97. The molecule has 0 saturated heterocycles. The molecular weight excluding hydrogens is 146 g/mol. The van der Waals surface area contributed by atoms with Gasteiger partial charge in [0.1, 0.15) is 0 Å². The number of hydrogen-bond acceptors (Lipinski definition) is 1. The van der Waals surface area contributed by atoms with Gasteiger partial charge >= 0.3 is 0 Å². The molecule has 1 nitrogen and oxygen atoms in total. The molecule has 0 heterocycles. The molecule has 1 radical (unpaired) electrons. The topological polar surface area (TPSA) is 23.8 Å². The normalized spacial score (nSPS) is 22.2. The van der Waals surface area contributed by atoms with Gasteiger partial charge in [0.15, 0.2) is 0 Å². The number of hydrogen-bond donors (Lipinski definition) is 0. The lowest BCUT2D eigenvalue weighted by atomic mass is 9.70. The Kier molecular flexibility index (Phi) is 2.77. The van der Waals surface area contributed by atoms with Crippen LogP contribution in [0.1, 0.15) is 46.5 Å². The van der Waals surface area contributed by atoms with E-state index in [4.69, 9.17) is 5.26 Å². The quantitative estimate of drug-likeness (QED) is 0.538. The Balaban J connectivity index is 2.42. The molecule has 0 aromatic rings. The van der Waals surface area contributed by atoms with Crippen LogP contribution < -0.4 is 0 Å². The first kappa shape index (κ1) is 9.58. The minimum absolute atomic E-state index is 0.432. The van der Waals surface area contributed by atoms with Crippen LogP contribution in [-0.4, -0.2) is 0 Å². The molecule has 12 heavy (non-hydrogen) atoms. The van der Waals surface area contributed by atoms with E-state index in [1.807, 2.05) is 0 Å². The molecule has 0 N–H and O–H groups in total. The smallest absolute Gasteiger partial charge is 0.0760 e. The average Bonchev–Trinajstić information content (AvgIpc) is 2.03. The third kappa shape index (κ3) is 2.24. The van der Waals surface area contributed by atoms with Crippen LogP contribution in [0.25, 0.3) is 0 Å². The Morgan fingerprint density at radius 2 is 1.75 bits per heavy atom. The van der Waals surface area contributed by atoms with E-state index in [2.05, 4.69) is 26.8 Å². The molecule has 1 aliphatic carbocycles. The predicted octanol–water partition coefficient (Wildman–Crippen LogP) is 3.32. The highest BCUT2D eigenvalue weighted by atomic mass is 14.4. The van der Waals surface area contributed by atoms with Crippen molar-refractivity contribution in [3.05, 3.63) is 5.92 Å². The number of nitrogens with zero attached hydrogens (tertiary/aromatic N) is 1. The van der Waals surface area contributed by atoms with Gasteiger partial charge < -0.3 is 0 Å². The minimum Gasteiger partial charge on any atom is -0.198 e. The molecule has 0 unspecified atom stereocenters. The van der Waals surface area contributed by atoms with Gasteiger partial charge in [-0.1, -0.05) is 20.8 Å². The second-order valence-electron chi connectivity index (χ2n) is 4.86. The van der Waals surface area contributed by atoms with Gasteiger partial charge in [0, 0.05) is 0 Å². The Morgan fingerprint density at radius 3 is 2.08 bits per heavy atom. The highest BCUT2D eigenvalue weighted by Gasteiger charge is 2.29. The van der Waals surface area contributed by atoms with Gasteiger partial charge in [-0.05, 0) is 37.0 Å². The first-order valence-electron chi connectivity index (χ1n) is 4.79. The molecule has 1 rings (SSSR count). The lowest BCUT2D eigenvalue weighted by Crippen LogP contribution is -2.24. The maximum Gasteiger partial charge on any atom is 0.0760 e. The van der Waals surface area contributed by atoms with E-state index in [0.29, 0.717) is 5.41 Å². The van der Waals surface area contributed by atoms with Crippen LogP contribution in [0.4, 0.5) is 0 Å². The van der Waals surface area contributed by atoms with Crippen LogP contribution in [0.3, 0.4) is 0 Å². The van der Waals surface area contributed by atoms with Gasteiger partial charge in [0.2, 0.25) is 0 Å². The predicted molar refractivity (Wildman–Crippen MR) is 50.3 cm³/mol. The second-order valence-corrected chi connectivity index (χ2v) is 4.86. The second kappa shape index (κ2) is 3.47. The molecule has 1 saturated carbocycles. The van der Waals surface area contributed by atoms with Crippen LogP contribution >= 0.6 is 0 Å². The van der Waals surface area contributed by atoms with Gasteiger partial charge in [-0.25, -0.2) is 0 Å². The summed E-state index contributed by atoms with van der Waals surface area (Å²) < 4.78 is 0. The first-order chi connectivity index (χ1) is 5.54. The average molecular weight is 164 g/mol. The maximum atomic E-state index is 8.69. The van der Waals surface area contributed by atoms with Crippen molar-refractivity contribution in [3.63, 3.8) is 0 Å². The van der Waals surface area contributed by atoms with Crippen molar-refractivity contribution in [2.75, 3.05) is 0 Å². The molecule has 0 aliphatic heterocycles. The monoisotopic (exact) mass is 164 g/mol. The fraction of sp³-hybridized carbons (Fsp3) is 0.818. The fourth-order valence-corrected chi connectivity index (χ4v) is 1.94. The molecule has 0 spiro atoms. The van der Waals surface area contributed by atoms with Gasteiger partial charge in [-0.3, -0.25) is 0 Å². The largest absolute Gasteiger partial charge is 0.198 e. The summed E-state index contributed by atoms with van der Waals surface area (Å²) in [6, 6.07) is 2.29. The van der Waals surface area contributed by atoms with Gasteiger partial charge in [-0.15, -0.1) is 0 Å². The summed E-state index contributed by atoms with van der Waals surface area (Å²) >= 11 is 0. The molecule has 0 atom stereocenters. The number of rotatable bonds is 0. The zero-order valence-corrected chi connectivity index (χ0v) is 8.35. The van der Waals surface area contributed by atoms with E-state index in [1.165, 1.54) is 12.8 Å². The SMILES string of the molecule is CC(C)(C)C1CC[C](C#N)CC1. The van der Waals surface area contributed by atoms with Gasteiger partial charge in [0.25, 0.3) is 0 Å². The Hall–Kier alpha value is -0.510. The zero-order valence-electron chi connectivity index (χ0n) is 8.35. The Morgan fingerprint density at radius 1 is 1.25 bits per heavy atom. The van der Waals surface area contributed by atoms with E-state index < -0.39 is 0 Å². The molecule has 1 heteroatoms. The van der Waals surface area contributed by atoms with Crippen molar-refractivity contribution < 1.29 is 0 Å². The van der Waals surface area contributed by atoms with Crippen LogP contribution in [0.15, 0.2) is 0 Å². The molecule has 0 aromatic carbocycles. The van der Waals surface area contributed by atoms with Crippen molar-refractivity contribution in [2.24, 2.45) is 11.3 Å². The van der Waals surface area contributed by atoms with E-state index in [-0.39, 0.29) is 0 Å². The molecule has 0 bridgehead atoms. The Bertz CT molecular complexity index is 174. The molecule has 1 aliphatic rings. The molecule has 0 amide bonds. The van der Waals surface area contributed by atoms with Crippen LogP contribution in [0, 0.1) is 28.6 Å². The van der Waals surface area contributed by atoms with E-state index in [1.54, 1.807) is 0 Å². The van der Waals surface area contributed by atoms with Crippen molar-refractivity contribution in [1.29, 1.82) is 5.26 Å². The third-order valence-electron chi connectivity index (χ3n) is 2.97. The molecule has 1 fully saturated rings. The highest BCUT2D eigenvalue weighted by Crippen LogP contribution is 2.40. The van der Waals surface area contributed by atoms with E-state index in [0.717, 1.165) is 24.7 Å². The molecule has 67 valence electrons. The van der Waals surface area contributed by atoms with E-state index in [9.17, 15) is 0 Å². The van der Waals surface area contributed by atoms with Crippen LogP contribution in [0.5, 0.6) is 0 Å². The first-order valence-corrected chi connectivity index (χ1v) is 4.79.